The Balaban J connectivity index is 0.00000211. The Morgan fingerprint density at radius 1 is 1.09 bits per heavy atom. The Bertz CT molecular complexity index is 537. The fraction of sp³-hybridized carbons (Fsp3) is 0.538. The molecule has 0 spiro atoms. The van der Waals surface area contributed by atoms with E-state index in [0.717, 1.165) is 7.11 Å². The molecule has 0 aliphatic rings. The van der Waals surface area contributed by atoms with Gasteiger partial charge in [-0.3, -0.25) is 19.9 Å². The van der Waals surface area contributed by atoms with Gasteiger partial charge in [0.25, 0.3) is 5.69 Å². The van der Waals surface area contributed by atoms with E-state index in [0.29, 0.717) is 11.1 Å². The molecule has 0 amide bonds. The number of benzene rings is 1. The fourth-order valence-electron chi connectivity index (χ4n) is 1.85. The number of hydrogen-bond acceptors (Lipinski definition) is 5. The molecule has 0 heterocycles. The van der Waals surface area contributed by atoms with Crippen LogP contribution in [0.5, 0.6) is 5.75 Å². The summed E-state index contributed by atoms with van der Waals surface area (Å²) in [6.45, 7) is 7.09. The summed E-state index contributed by atoms with van der Waals surface area (Å²) in [5.41, 5.74) is 0.702. The van der Waals surface area contributed by atoms with Crippen LogP contribution in [0.15, 0.2) is 12.1 Å². The number of nitro benzene ring substituents is 1. The van der Waals surface area contributed by atoms with Crippen molar-refractivity contribution in [2.75, 3.05) is 7.11 Å². The molecular weight excluding hydrogens is 313 g/mol. The molecule has 1 aromatic rings. The summed E-state index contributed by atoms with van der Waals surface area (Å²) in [4.78, 5) is 28.5. The molecule has 3 N–H and O–H groups in total. The van der Waals surface area contributed by atoms with Crippen molar-refractivity contribution in [3.8, 4) is 5.75 Å². The van der Waals surface area contributed by atoms with Crippen LogP contribution in [0, 0.1) is 10.1 Å². The van der Waals surface area contributed by atoms with Crippen molar-refractivity contribution < 1.29 is 28.9 Å². The van der Waals surface area contributed by atoms with Crippen LogP contribution >= 0.6 is 7.82 Å². The van der Waals surface area contributed by atoms with Gasteiger partial charge in [-0.15, -0.1) is 0 Å². The number of phosphoric acid groups is 1. The molecule has 0 atom stereocenters. The van der Waals surface area contributed by atoms with Gasteiger partial charge in [-0.25, -0.2) is 4.57 Å². The lowest BCUT2D eigenvalue weighted by atomic mass is 9.93. The number of aliphatic hydroxyl groups excluding tert-OH is 1. The number of nitrogens with zero attached hydrogens (tertiary/aromatic N) is 1. The number of non-ortho nitro benzene ring substituents is 1. The number of hydrogen-bond donors (Lipinski definition) is 3. The molecule has 0 fully saturated rings. The molecule has 1 aromatic carbocycles. The van der Waals surface area contributed by atoms with Gasteiger partial charge >= 0.3 is 7.82 Å². The summed E-state index contributed by atoms with van der Waals surface area (Å²) in [7, 11) is -3.73. The lowest BCUT2D eigenvalue weighted by molar-refractivity contribution is -0.385. The molecule has 0 radical (unpaired) electrons. The van der Waals surface area contributed by atoms with Gasteiger partial charge in [-0.2, -0.15) is 0 Å². The fourth-order valence-corrected chi connectivity index (χ4v) is 2.29. The SMILES string of the molecule is CC(C)c1cc([N+](=O)[O-])cc(C(C)C)c1OP(=O)(O)O.CO. The molecule has 0 saturated heterocycles. The highest BCUT2D eigenvalue weighted by molar-refractivity contribution is 7.46. The van der Waals surface area contributed by atoms with Crippen LogP contribution in [0.1, 0.15) is 50.7 Å². The zero-order valence-corrected chi connectivity index (χ0v) is 14.1. The van der Waals surface area contributed by atoms with Gasteiger partial charge in [0.15, 0.2) is 0 Å². The third kappa shape index (κ3) is 5.73. The van der Waals surface area contributed by atoms with Crippen LogP contribution in [-0.4, -0.2) is 26.9 Å². The molecule has 0 saturated carbocycles. The lowest BCUT2D eigenvalue weighted by Gasteiger charge is -2.19. The van der Waals surface area contributed by atoms with Gasteiger partial charge in [-0.1, -0.05) is 27.7 Å². The lowest BCUT2D eigenvalue weighted by Crippen LogP contribution is -2.04. The second-order valence-electron chi connectivity index (χ2n) is 5.10. The minimum atomic E-state index is -4.73. The Kier molecular flexibility index (Phi) is 7.69. The first-order valence-electron chi connectivity index (χ1n) is 6.55. The largest absolute Gasteiger partial charge is 0.524 e. The molecule has 0 aliphatic carbocycles. The third-order valence-electron chi connectivity index (χ3n) is 2.80. The molecule has 0 unspecified atom stereocenters. The molecular formula is C13H22NO7P. The average Bonchev–Trinajstić information content (AvgIpc) is 2.38. The van der Waals surface area contributed by atoms with E-state index in [-0.39, 0.29) is 23.3 Å². The second-order valence-corrected chi connectivity index (χ2v) is 6.27. The molecule has 9 heteroatoms. The van der Waals surface area contributed by atoms with Gasteiger partial charge in [0, 0.05) is 30.4 Å². The zero-order chi connectivity index (χ0) is 17.7. The van der Waals surface area contributed by atoms with E-state index in [4.69, 9.17) is 19.4 Å². The minimum absolute atomic E-state index is 0.0360. The molecule has 126 valence electrons. The monoisotopic (exact) mass is 335 g/mol. The summed E-state index contributed by atoms with van der Waals surface area (Å²) < 4.78 is 15.9. The van der Waals surface area contributed by atoms with E-state index < -0.39 is 12.7 Å². The van der Waals surface area contributed by atoms with Gasteiger partial charge in [0.1, 0.15) is 5.75 Å². The number of aliphatic hydroxyl groups is 1. The topological polar surface area (TPSA) is 130 Å². The molecule has 22 heavy (non-hydrogen) atoms. The summed E-state index contributed by atoms with van der Waals surface area (Å²) in [6, 6.07) is 2.59. The van der Waals surface area contributed by atoms with Gasteiger partial charge < -0.3 is 9.63 Å². The van der Waals surface area contributed by atoms with Crippen molar-refractivity contribution in [3.63, 3.8) is 0 Å². The maximum Gasteiger partial charge on any atom is 0.524 e. The molecule has 0 bridgehead atoms. The molecule has 0 aromatic heterocycles. The van der Waals surface area contributed by atoms with E-state index in [9.17, 15) is 14.7 Å². The smallest absolute Gasteiger partial charge is 0.404 e. The van der Waals surface area contributed by atoms with E-state index in [1.807, 2.05) is 0 Å². The number of nitro groups is 1. The van der Waals surface area contributed by atoms with E-state index >= 15 is 0 Å². The van der Waals surface area contributed by atoms with E-state index in [2.05, 4.69) is 0 Å². The molecule has 8 nitrogen and oxygen atoms in total. The first kappa shape index (κ1) is 20.5. The third-order valence-corrected chi connectivity index (χ3v) is 3.22. The van der Waals surface area contributed by atoms with Gasteiger partial charge in [0.05, 0.1) is 4.92 Å². The number of phosphoric ester groups is 1. The first-order valence-corrected chi connectivity index (χ1v) is 8.08. The van der Waals surface area contributed by atoms with Crippen molar-refractivity contribution >= 4 is 13.5 Å². The van der Waals surface area contributed by atoms with Crippen molar-refractivity contribution in [2.45, 2.75) is 39.5 Å². The van der Waals surface area contributed by atoms with Crippen LogP contribution in [0.4, 0.5) is 5.69 Å². The predicted octanol–water partition coefficient (Wildman–Crippen LogP) is 2.92. The van der Waals surface area contributed by atoms with Crippen molar-refractivity contribution in [1.29, 1.82) is 0 Å². The number of rotatable bonds is 5. The normalized spacial score (nSPS) is 11.2. The average molecular weight is 335 g/mol. The Hall–Kier alpha value is -1.47. The van der Waals surface area contributed by atoms with Crippen molar-refractivity contribution in [3.05, 3.63) is 33.4 Å². The van der Waals surface area contributed by atoms with Crippen molar-refractivity contribution in [2.24, 2.45) is 0 Å². The summed E-state index contributed by atoms with van der Waals surface area (Å²) in [6.07, 6.45) is 0. The van der Waals surface area contributed by atoms with Crippen LogP contribution in [0.2, 0.25) is 0 Å². The minimum Gasteiger partial charge on any atom is -0.404 e. The second kappa shape index (κ2) is 8.24. The summed E-state index contributed by atoms with van der Waals surface area (Å²) in [5, 5.41) is 18.0. The highest BCUT2D eigenvalue weighted by Crippen LogP contribution is 2.46. The predicted molar refractivity (Wildman–Crippen MR) is 82.1 cm³/mol. The maximum atomic E-state index is 11.1. The quantitative estimate of drug-likeness (QED) is 0.428. The standard InChI is InChI=1S/C12H18NO6P.CH4O/c1-7(2)10-5-9(13(14)15)6-11(8(3)4)12(10)19-20(16,17)18;1-2/h5-8H,1-4H3,(H2,16,17,18);2H,1H3. The summed E-state index contributed by atoms with van der Waals surface area (Å²) >= 11 is 0. The van der Waals surface area contributed by atoms with Gasteiger partial charge in [-0.05, 0) is 11.8 Å². The van der Waals surface area contributed by atoms with Gasteiger partial charge in [0.2, 0.25) is 0 Å². The first-order chi connectivity index (χ1) is 10.0. The molecule has 0 aliphatic heterocycles. The van der Waals surface area contributed by atoms with Crippen molar-refractivity contribution in [1.82, 2.24) is 0 Å². The zero-order valence-electron chi connectivity index (χ0n) is 13.2. The highest BCUT2D eigenvalue weighted by atomic mass is 31.2. The Morgan fingerprint density at radius 3 is 1.68 bits per heavy atom. The molecule has 1 rings (SSSR count). The van der Waals surface area contributed by atoms with Crippen LogP contribution < -0.4 is 4.52 Å². The Labute approximate surface area is 129 Å². The van der Waals surface area contributed by atoms with E-state index in [1.165, 1.54) is 12.1 Å². The van der Waals surface area contributed by atoms with Crippen LogP contribution in [0.25, 0.3) is 0 Å². The van der Waals surface area contributed by atoms with E-state index in [1.54, 1.807) is 27.7 Å². The highest BCUT2D eigenvalue weighted by Gasteiger charge is 2.26. The maximum absolute atomic E-state index is 11.1. The van der Waals surface area contributed by atoms with Crippen LogP contribution in [0.3, 0.4) is 0 Å². The Morgan fingerprint density at radius 2 is 1.45 bits per heavy atom. The van der Waals surface area contributed by atoms with Crippen LogP contribution in [-0.2, 0) is 4.57 Å². The summed E-state index contributed by atoms with van der Waals surface area (Å²) in [5.74, 6) is -0.308.